The molecule has 0 unspecified atom stereocenters. The summed E-state index contributed by atoms with van der Waals surface area (Å²) in [6, 6.07) is 5.31. The lowest BCUT2D eigenvalue weighted by Crippen LogP contribution is -2.47. The number of hydrogen-bond acceptors (Lipinski definition) is 4. The number of likely N-dealkylation sites (tertiary alicyclic amines) is 1. The van der Waals surface area contributed by atoms with Crippen LogP contribution in [-0.4, -0.2) is 46.6 Å². The zero-order valence-corrected chi connectivity index (χ0v) is 12.4. The maximum absolute atomic E-state index is 11.6. The van der Waals surface area contributed by atoms with Crippen LogP contribution in [0.3, 0.4) is 0 Å². The van der Waals surface area contributed by atoms with Crippen molar-refractivity contribution in [2.45, 2.75) is 24.1 Å². The lowest BCUT2D eigenvalue weighted by Gasteiger charge is -2.40. The smallest absolute Gasteiger partial charge is 0.250 e. The topological polar surface area (TPSA) is 51.3 Å². The molecule has 2 N–H and O–H groups in total. The average Bonchev–Trinajstić information content (AvgIpc) is 2.47. The van der Waals surface area contributed by atoms with Gasteiger partial charge < -0.3 is 15.2 Å². The summed E-state index contributed by atoms with van der Waals surface area (Å²) in [5.41, 5.74) is 5.98. The third kappa shape index (κ3) is 3.61. The van der Waals surface area contributed by atoms with Crippen molar-refractivity contribution < 1.29 is 0 Å². The molecule has 0 bridgehead atoms. The van der Waals surface area contributed by atoms with Crippen molar-refractivity contribution in [1.29, 1.82) is 0 Å². The second-order valence-electron chi connectivity index (χ2n) is 5.17. The zero-order valence-electron chi connectivity index (χ0n) is 11.5. The molecule has 0 aliphatic carbocycles. The van der Waals surface area contributed by atoms with E-state index in [9.17, 15) is 4.79 Å². The first-order valence-corrected chi connectivity index (χ1v) is 8.05. The summed E-state index contributed by atoms with van der Waals surface area (Å²) in [6.07, 6.45) is 6.31. The highest BCUT2D eigenvalue weighted by atomic mass is 32.2. The first kappa shape index (κ1) is 14.6. The van der Waals surface area contributed by atoms with Crippen molar-refractivity contribution in [3.8, 4) is 0 Å². The maximum atomic E-state index is 11.6. The van der Waals surface area contributed by atoms with Crippen molar-refractivity contribution in [3.05, 3.63) is 34.7 Å². The predicted octanol–water partition coefficient (Wildman–Crippen LogP) is 1.00. The van der Waals surface area contributed by atoms with E-state index in [4.69, 9.17) is 5.73 Å². The van der Waals surface area contributed by atoms with E-state index in [0.29, 0.717) is 0 Å². The summed E-state index contributed by atoms with van der Waals surface area (Å²) >= 11 is 1.91. The van der Waals surface area contributed by atoms with Gasteiger partial charge in [-0.05, 0) is 38.3 Å². The molecule has 0 aromatic carbocycles. The molecule has 1 aromatic rings. The lowest BCUT2D eigenvalue weighted by atomic mass is 9.96. The number of nitrogens with zero attached hydrogens (tertiary/aromatic N) is 2. The molecule has 1 aromatic heterocycles. The van der Waals surface area contributed by atoms with Gasteiger partial charge in [-0.15, -0.1) is 0 Å². The predicted molar refractivity (Wildman–Crippen MR) is 81.7 cm³/mol. The Kier molecular flexibility index (Phi) is 5.07. The molecule has 5 heteroatoms. The van der Waals surface area contributed by atoms with E-state index in [2.05, 4.69) is 11.2 Å². The Hall–Kier alpha value is -0.780. The number of piperidine rings is 1. The lowest BCUT2D eigenvalue weighted by molar-refractivity contribution is 0.195. The molecule has 0 radical (unpaired) electrons. The third-order valence-corrected chi connectivity index (χ3v) is 5.57. The van der Waals surface area contributed by atoms with E-state index >= 15 is 0 Å². The number of aromatic nitrogens is 1. The number of hydrogen-bond donors (Lipinski definition) is 1. The van der Waals surface area contributed by atoms with E-state index in [1.807, 2.05) is 24.0 Å². The summed E-state index contributed by atoms with van der Waals surface area (Å²) in [5, 5.41) is 0. The van der Waals surface area contributed by atoms with Gasteiger partial charge in [-0.2, -0.15) is 11.8 Å². The number of rotatable bonds is 5. The Labute approximate surface area is 119 Å². The molecule has 0 amide bonds. The van der Waals surface area contributed by atoms with Crippen LogP contribution in [0.1, 0.15) is 12.8 Å². The van der Waals surface area contributed by atoms with E-state index in [1.54, 1.807) is 16.7 Å². The molecule has 4 nitrogen and oxygen atoms in total. The van der Waals surface area contributed by atoms with Gasteiger partial charge in [-0.25, -0.2) is 0 Å². The van der Waals surface area contributed by atoms with Crippen molar-refractivity contribution in [3.63, 3.8) is 0 Å². The molecule has 19 heavy (non-hydrogen) atoms. The van der Waals surface area contributed by atoms with Crippen molar-refractivity contribution >= 4 is 11.8 Å². The minimum absolute atomic E-state index is 0.0833. The number of thioether (sulfide) groups is 1. The normalized spacial score (nSPS) is 19.5. The van der Waals surface area contributed by atoms with Crippen LogP contribution in [0.5, 0.6) is 0 Å². The van der Waals surface area contributed by atoms with Gasteiger partial charge in [-0.1, -0.05) is 6.07 Å². The third-order valence-electron chi connectivity index (χ3n) is 4.13. The Morgan fingerprint density at radius 1 is 1.32 bits per heavy atom. The highest BCUT2D eigenvalue weighted by molar-refractivity contribution is 8.00. The Morgan fingerprint density at radius 3 is 2.63 bits per heavy atom. The summed E-state index contributed by atoms with van der Waals surface area (Å²) in [4.78, 5) is 14.0. The van der Waals surface area contributed by atoms with E-state index in [0.717, 1.165) is 45.6 Å². The van der Waals surface area contributed by atoms with Crippen LogP contribution in [0.25, 0.3) is 0 Å². The molecule has 1 aliphatic heterocycles. The molecule has 1 saturated heterocycles. The molecule has 0 spiro atoms. The summed E-state index contributed by atoms with van der Waals surface area (Å²) < 4.78 is 2.06. The zero-order chi connectivity index (χ0) is 13.7. The average molecular weight is 281 g/mol. The minimum atomic E-state index is 0.0833. The Bertz CT molecular complexity index is 446. The van der Waals surface area contributed by atoms with Crippen LogP contribution in [0.4, 0.5) is 0 Å². The standard InChI is InChI=1S/C14H23N3OS/c1-19-14(12-15)5-8-16(9-6-14)10-11-17-7-3-2-4-13(17)18/h2-4,7H,5-6,8-12,15H2,1H3. The molecular formula is C14H23N3OS. The minimum Gasteiger partial charge on any atom is -0.329 e. The highest BCUT2D eigenvalue weighted by Crippen LogP contribution is 2.33. The van der Waals surface area contributed by atoms with Gasteiger partial charge in [0.2, 0.25) is 0 Å². The van der Waals surface area contributed by atoms with E-state index in [1.165, 1.54) is 0 Å². The highest BCUT2D eigenvalue weighted by Gasteiger charge is 2.32. The molecule has 1 aliphatic rings. The van der Waals surface area contributed by atoms with Crippen LogP contribution in [0.2, 0.25) is 0 Å². The SMILES string of the molecule is CSC1(CN)CCN(CCn2ccccc2=O)CC1. The quantitative estimate of drug-likeness (QED) is 0.875. The van der Waals surface area contributed by atoms with Gasteiger partial charge in [0.25, 0.3) is 5.56 Å². The van der Waals surface area contributed by atoms with Crippen molar-refractivity contribution in [2.75, 3.05) is 32.4 Å². The van der Waals surface area contributed by atoms with Gasteiger partial charge in [0, 0.05) is 36.6 Å². The molecule has 106 valence electrons. The Balaban J connectivity index is 1.84. The van der Waals surface area contributed by atoms with Crippen LogP contribution in [0, 0.1) is 0 Å². The fourth-order valence-electron chi connectivity index (χ4n) is 2.57. The van der Waals surface area contributed by atoms with E-state index < -0.39 is 0 Å². The van der Waals surface area contributed by atoms with Gasteiger partial charge in [0.1, 0.15) is 0 Å². The largest absolute Gasteiger partial charge is 0.329 e. The molecule has 2 rings (SSSR count). The van der Waals surface area contributed by atoms with Crippen molar-refractivity contribution in [1.82, 2.24) is 9.47 Å². The van der Waals surface area contributed by atoms with Gasteiger partial charge in [0.05, 0.1) is 0 Å². The molecule has 1 fully saturated rings. The van der Waals surface area contributed by atoms with Crippen LogP contribution in [0.15, 0.2) is 29.2 Å². The number of pyridine rings is 1. The van der Waals surface area contributed by atoms with E-state index in [-0.39, 0.29) is 10.3 Å². The number of nitrogens with two attached hydrogens (primary N) is 1. The first-order valence-electron chi connectivity index (χ1n) is 6.82. The van der Waals surface area contributed by atoms with Gasteiger partial charge >= 0.3 is 0 Å². The maximum Gasteiger partial charge on any atom is 0.250 e. The Morgan fingerprint density at radius 2 is 2.05 bits per heavy atom. The fraction of sp³-hybridized carbons (Fsp3) is 0.643. The molecular weight excluding hydrogens is 258 g/mol. The summed E-state index contributed by atoms with van der Waals surface area (Å²) in [6.45, 7) is 4.65. The summed E-state index contributed by atoms with van der Waals surface area (Å²) in [7, 11) is 0. The van der Waals surface area contributed by atoms with Crippen LogP contribution < -0.4 is 11.3 Å². The second-order valence-corrected chi connectivity index (χ2v) is 6.44. The van der Waals surface area contributed by atoms with Crippen molar-refractivity contribution in [2.24, 2.45) is 5.73 Å². The van der Waals surface area contributed by atoms with Crippen LogP contribution >= 0.6 is 11.8 Å². The first-order chi connectivity index (χ1) is 9.19. The summed E-state index contributed by atoms with van der Waals surface area (Å²) in [5.74, 6) is 0. The monoisotopic (exact) mass is 281 g/mol. The van der Waals surface area contributed by atoms with Crippen LogP contribution in [-0.2, 0) is 6.54 Å². The second kappa shape index (κ2) is 6.59. The van der Waals surface area contributed by atoms with Gasteiger partial charge in [0.15, 0.2) is 0 Å². The molecule has 2 heterocycles. The molecule has 0 atom stereocenters. The fourth-order valence-corrected chi connectivity index (χ4v) is 3.33. The molecule has 0 saturated carbocycles. The van der Waals surface area contributed by atoms with Gasteiger partial charge in [-0.3, -0.25) is 4.79 Å².